The van der Waals surface area contributed by atoms with Gasteiger partial charge in [-0.05, 0) is 25.0 Å². The predicted molar refractivity (Wildman–Crippen MR) is 63.7 cm³/mol. The van der Waals surface area contributed by atoms with Crippen molar-refractivity contribution in [2.24, 2.45) is 0 Å². The third-order valence-corrected chi connectivity index (χ3v) is 2.34. The van der Waals surface area contributed by atoms with Gasteiger partial charge in [-0.25, -0.2) is 9.59 Å². The molecule has 7 nitrogen and oxygen atoms in total. The Balaban J connectivity index is 4.00. The molecular formula is C10H15O7P. The SMILES string of the molecule is C/C(=C\C(=O)O)CO[PH](=O)OC/C(C)=C/C(=O)O. The molecule has 0 fully saturated rings. The molecule has 102 valence electrons. The highest BCUT2D eigenvalue weighted by Crippen LogP contribution is 2.25. The Morgan fingerprint density at radius 3 is 1.61 bits per heavy atom. The summed E-state index contributed by atoms with van der Waals surface area (Å²) in [6.45, 7) is 2.79. The summed E-state index contributed by atoms with van der Waals surface area (Å²) in [5.41, 5.74) is 0.782. The molecular weight excluding hydrogens is 263 g/mol. The molecule has 0 aliphatic rings. The van der Waals surface area contributed by atoms with E-state index >= 15 is 0 Å². The van der Waals surface area contributed by atoms with E-state index in [0.29, 0.717) is 11.1 Å². The van der Waals surface area contributed by atoms with Crippen molar-refractivity contribution in [3.8, 4) is 0 Å². The number of carboxylic acid groups (broad SMARTS) is 2. The van der Waals surface area contributed by atoms with E-state index in [9.17, 15) is 14.2 Å². The van der Waals surface area contributed by atoms with Gasteiger partial charge < -0.3 is 19.3 Å². The average Bonchev–Trinajstić information content (AvgIpc) is 2.21. The van der Waals surface area contributed by atoms with Crippen molar-refractivity contribution in [2.75, 3.05) is 13.2 Å². The highest BCUT2D eigenvalue weighted by molar-refractivity contribution is 7.33. The summed E-state index contributed by atoms with van der Waals surface area (Å²) < 4.78 is 20.8. The van der Waals surface area contributed by atoms with Crippen molar-refractivity contribution in [3.05, 3.63) is 23.3 Å². The maximum Gasteiger partial charge on any atom is 0.328 e. The molecule has 0 aliphatic carbocycles. The third kappa shape index (κ3) is 9.77. The fourth-order valence-corrected chi connectivity index (χ4v) is 1.67. The summed E-state index contributed by atoms with van der Waals surface area (Å²) in [4.78, 5) is 20.6. The van der Waals surface area contributed by atoms with Crippen LogP contribution in [-0.2, 0) is 23.2 Å². The van der Waals surface area contributed by atoms with Crippen LogP contribution in [0.2, 0.25) is 0 Å². The smallest absolute Gasteiger partial charge is 0.328 e. The van der Waals surface area contributed by atoms with Crippen LogP contribution >= 0.6 is 8.25 Å². The molecule has 0 aromatic rings. The minimum absolute atomic E-state index is 0.119. The van der Waals surface area contributed by atoms with Crippen molar-refractivity contribution in [2.45, 2.75) is 13.8 Å². The Hall–Kier alpha value is -1.43. The molecule has 0 bridgehead atoms. The number of hydrogen-bond acceptors (Lipinski definition) is 5. The third-order valence-electron chi connectivity index (χ3n) is 1.58. The molecule has 8 heteroatoms. The van der Waals surface area contributed by atoms with Crippen LogP contribution in [0.4, 0.5) is 0 Å². The normalized spacial score (nSPS) is 14.3. The van der Waals surface area contributed by atoms with Crippen molar-refractivity contribution in [3.63, 3.8) is 0 Å². The van der Waals surface area contributed by atoms with E-state index in [0.717, 1.165) is 12.2 Å². The van der Waals surface area contributed by atoms with E-state index in [1.807, 2.05) is 0 Å². The quantitative estimate of drug-likeness (QED) is 0.511. The first-order chi connectivity index (χ1) is 8.31. The van der Waals surface area contributed by atoms with Gasteiger partial charge in [-0.3, -0.25) is 4.57 Å². The molecule has 2 N–H and O–H groups in total. The van der Waals surface area contributed by atoms with Crippen molar-refractivity contribution < 1.29 is 33.4 Å². The molecule has 0 aromatic carbocycles. The Morgan fingerprint density at radius 1 is 1.00 bits per heavy atom. The van der Waals surface area contributed by atoms with E-state index in [-0.39, 0.29) is 13.2 Å². The lowest BCUT2D eigenvalue weighted by atomic mass is 10.3. The fraction of sp³-hybridized carbons (Fsp3) is 0.400. The maximum absolute atomic E-state index is 11.2. The minimum Gasteiger partial charge on any atom is -0.478 e. The molecule has 0 saturated carbocycles. The number of carbonyl (C=O) groups is 2. The standard InChI is InChI=1S/C10H15O7P/c1-7(3-9(11)12)5-16-18(15)17-6-8(2)4-10(13)14/h3-4,18H,5-6H2,1-2H3,(H,11,12)(H,13,14)/b7-3+,8-4+. The maximum atomic E-state index is 11.2. The molecule has 0 unspecified atom stereocenters. The summed E-state index contributed by atoms with van der Waals surface area (Å²) in [5.74, 6) is -2.23. The summed E-state index contributed by atoms with van der Waals surface area (Å²) in [6.07, 6.45) is 1.87. The molecule has 0 amide bonds. The van der Waals surface area contributed by atoms with Gasteiger partial charge in [-0.15, -0.1) is 0 Å². The first kappa shape index (κ1) is 16.6. The van der Waals surface area contributed by atoms with Crippen LogP contribution in [0.5, 0.6) is 0 Å². The molecule has 0 heterocycles. The highest BCUT2D eigenvalue weighted by atomic mass is 31.1. The Bertz CT molecular complexity index is 361. The van der Waals surface area contributed by atoms with Gasteiger partial charge in [-0.2, -0.15) is 0 Å². The van der Waals surface area contributed by atoms with E-state index in [1.165, 1.54) is 13.8 Å². The second-order valence-electron chi connectivity index (χ2n) is 3.49. The number of rotatable bonds is 8. The van der Waals surface area contributed by atoms with Gasteiger partial charge in [-0.1, -0.05) is 0 Å². The van der Waals surface area contributed by atoms with E-state index in [1.54, 1.807) is 0 Å². The van der Waals surface area contributed by atoms with Gasteiger partial charge in [0.05, 0.1) is 13.2 Å². The molecule has 18 heavy (non-hydrogen) atoms. The lowest BCUT2D eigenvalue weighted by Crippen LogP contribution is -1.98. The van der Waals surface area contributed by atoms with Gasteiger partial charge in [0.2, 0.25) is 0 Å². The van der Waals surface area contributed by atoms with Crippen LogP contribution in [0.1, 0.15) is 13.8 Å². The van der Waals surface area contributed by atoms with Crippen LogP contribution in [0, 0.1) is 0 Å². The summed E-state index contributed by atoms with van der Waals surface area (Å²) in [7, 11) is -2.77. The van der Waals surface area contributed by atoms with Gasteiger partial charge in [0.25, 0.3) is 0 Å². The first-order valence-electron chi connectivity index (χ1n) is 4.91. The molecule has 0 radical (unpaired) electrons. The van der Waals surface area contributed by atoms with Gasteiger partial charge in [0.15, 0.2) is 0 Å². The lowest BCUT2D eigenvalue weighted by Gasteiger charge is -2.05. The van der Waals surface area contributed by atoms with Crippen molar-refractivity contribution in [1.82, 2.24) is 0 Å². The topological polar surface area (TPSA) is 110 Å². The molecule has 0 spiro atoms. The summed E-state index contributed by atoms with van der Waals surface area (Å²) in [6, 6.07) is 0. The second kappa shape index (κ2) is 8.63. The van der Waals surface area contributed by atoms with Crippen LogP contribution in [0.25, 0.3) is 0 Å². The van der Waals surface area contributed by atoms with Crippen LogP contribution in [-0.4, -0.2) is 35.4 Å². The van der Waals surface area contributed by atoms with Crippen molar-refractivity contribution >= 4 is 20.2 Å². The first-order valence-corrected chi connectivity index (χ1v) is 6.13. The van der Waals surface area contributed by atoms with Gasteiger partial charge in [0, 0.05) is 12.2 Å². The van der Waals surface area contributed by atoms with Crippen molar-refractivity contribution in [1.29, 1.82) is 0 Å². The van der Waals surface area contributed by atoms with E-state index in [4.69, 9.17) is 19.3 Å². The molecule has 0 saturated heterocycles. The van der Waals surface area contributed by atoms with Gasteiger partial charge >= 0.3 is 20.2 Å². The summed E-state index contributed by atoms with van der Waals surface area (Å²) in [5, 5.41) is 16.8. The second-order valence-corrected chi connectivity index (χ2v) is 4.56. The zero-order chi connectivity index (χ0) is 14.1. The molecule has 0 rings (SSSR count). The number of carboxylic acids is 2. The average molecular weight is 278 g/mol. The zero-order valence-electron chi connectivity index (χ0n) is 10.0. The van der Waals surface area contributed by atoms with Crippen LogP contribution in [0.15, 0.2) is 23.3 Å². The predicted octanol–water partition coefficient (Wildman–Crippen LogP) is 1.47. The Kier molecular flexibility index (Phi) is 7.94. The molecule has 0 aromatic heterocycles. The number of aliphatic carboxylic acids is 2. The largest absolute Gasteiger partial charge is 0.478 e. The zero-order valence-corrected chi connectivity index (χ0v) is 11.0. The Labute approximate surface area is 105 Å². The van der Waals surface area contributed by atoms with E-state index < -0.39 is 20.2 Å². The fourth-order valence-electron chi connectivity index (χ4n) is 0.892. The van der Waals surface area contributed by atoms with Crippen LogP contribution < -0.4 is 0 Å². The molecule has 0 atom stereocenters. The Morgan fingerprint density at radius 2 is 1.33 bits per heavy atom. The summed E-state index contributed by atoms with van der Waals surface area (Å²) >= 11 is 0. The number of hydrogen-bond donors (Lipinski definition) is 2. The monoisotopic (exact) mass is 278 g/mol. The highest BCUT2D eigenvalue weighted by Gasteiger charge is 2.03. The van der Waals surface area contributed by atoms with E-state index in [2.05, 4.69) is 0 Å². The lowest BCUT2D eigenvalue weighted by molar-refractivity contribution is -0.132. The van der Waals surface area contributed by atoms with Crippen LogP contribution in [0.3, 0.4) is 0 Å². The minimum atomic E-state index is -2.77. The molecule has 0 aliphatic heterocycles. The van der Waals surface area contributed by atoms with Gasteiger partial charge in [0.1, 0.15) is 0 Å².